The first-order valence-corrected chi connectivity index (χ1v) is 19.0. The minimum absolute atomic E-state index is 0.0463. The van der Waals surface area contributed by atoms with Crippen molar-refractivity contribution >= 4 is 10.8 Å². The van der Waals surface area contributed by atoms with Gasteiger partial charge < -0.3 is 15.4 Å². The van der Waals surface area contributed by atoms with E-state index < -0.39 is 0 Å². The highest BCUT2D eigenvalue weighted by Gasteiger charge is 2.48. The van der Waals surface area contributed by atoms with Crippen LogP contribution in [0.4, 0.5) is 0 Å². The van der Waals surface area contributed by atoms with Crippen molar-refractivity contribution in [1.29, 1.82) is 0 Å². The molecule has 0 aromatic heterocycles. The highest BCUT2D eigenvalue weighted by Crippen LogP contribution is 2.55. The number of nitrogens with zero attached hydrogens (tertiary/aromatic N) is 1. The zero-order valence-corrected chi connectivity index (χ0v) is 28.4. The summed E-state index contributed by atoms with van der Waals surface area (Å²) >= 11 is 0. The van der Waals surface area contributed by atoms with E-state index in [1.165, 1.54) is 69.2 Å². The van der Waals surface area contributed by atoms with E-state index in [-0.39, 0.29) is 24.6 Å². The van der Waals surface area contributed by atoms with Crippen LogP contribution in [0.5, 0.6) is 0 Å². The van der Waals surface area contributed by atoms with E-state index in [0.717, 1.165) is 44.9 Å². The Labute approximate surface area is 290 Å². The average Bonchev–Trinajstić information content (AvgIpc) is 3.56. The van der Waals surface area contributed by atoms with E-state index in [1.54, 1.807) is 11.1 Å². The summed E-state index contributed by atoms with van der Waals surface area (Å²) < 4.78 is 6.57. The maximum Gasteiger partial charge on any atom is 0.160 e. The number of fused-ring (bicyclic) bond motifs is 6. The second-order valence-electron chi connectivity index (χ2n) is 15.3. The molecule has 6 aliphatic carbocycles. The number of nitrogens with two attached hydrogens (primary N) is 1. The maximum absolute atomic E-state index is 6.57. The van der Waals surface area contributed by atoms with Crippen LogP contribution in [0.1, 0.15) is 75.9 Å². The molecule has 0 spiro atoms. The molecular weight excluding hydrogens is 599 g/mol. The Kier molecular flexibility index (Phi) is 7.58. The minimum atomic E-state index is -0.0463. The molecule has 0 amide bonds. The van der Waals surface area contributed by atoms with Gasteiger partial charge in [0.2, 0.25) is 0 Å². The molecule has 0 bridgehead atoms. The fourth-order valence-corrected chi connectivity index (χ4v) is 10.2. The second kappa shape index (κ2) is 12.4. The SMILES string of the molecule is C1=CCCC(C2NC(c3ccc4ccccc4c3)[N-]C(C3=C(C4=CC5=C(CC4)C4C(C=CC6OC7=C(C=CCC7)C64)CC5)C=CCC3)[NH2+]2)=C1. The molecule has 2 aliphatic heterocycles. The van der Waals surface area contributed by atoms with Crippen molar-refractivity contribution in [2.45, 2.75) is 88.8 Å². The standard InChI is InChI=1S/C45H46N3O/c1-2-11-30(12-3-1)43-46-44(34-21-18-28-10-4-5-13-31(28)26-34)48-45(47-43)37-15-7-6-14-35(37)32-22-24-36-33(27-32)20-19-29-23-25-40-42(41(29)36)38-16-8-9-17-39(38)49-40/h1-2,4-6,8,10-11,13-14,16,18,21,23,25-27,29,40-47H,3,7,9,12,15,17,19-20,22,24H2/q-1/p+1. The quantitative estimate of drug-likeness (QED) is 0.326. The van der Waals surface area contributed by atoms with E-state index in [9.17, 15) is 0 Å². The summed E-state index contributed by atoms with van der Waals surface area (Å²) in [5.74, 6) is 2.98. The van der Waals surface area contributed by atoms with Gasteiger partial charge in [0.05, 0.1) is 0 Å². The molecule has 2 heterocycles. The van der Waals surface area contributed by atoms with E-state index in [0.29, 0.717) is 17.8 Å². The third-order valence-corrected chi connectivity index (χ3v) is 12.6. The van der Waals surface area contributed by atoms with Crippen molar-refractivity contribution in [2.24, 2.45) is 17.8 Å². The van der Waals surface area contributed by atoms with Gasteiger partial charge >= 0.3 is 0 Å². The van der Waals surface area contributed by atoms with Gasteiger partial charge in [0.15, 0.2) is 6.17 Å². The van der Waals surface area contributed by atoms with Crippen LogP contribution < -0.4 is 10.6 Å². The average molecular weight is 646 g/mol. The summed E-state index contributed by atoms with van der Waals surface area (Å²) in [6.45, 7) is 0. The molecule has 2 aromatic carbocycles. The number of quaternary nitrogens is 1. The smallest absolute Gasteiger partial charge is 0.160 e. The van der Waals surface area contributed by atoms with E-state index in [1.807, 2.05) is 0 Å². The zero-order valence-electron chi connectivity index (χ0n) is 28.4. The normalized spacial score (nSPS) is 33.5. The van der Waals surface area contributed by atoms with Gasteiger partial charge in [-0.3, -0.25) is 5.32 Å². The van der Waals surface area contributed by atoms with Crippen molar-refractivity contribution in [2.75, 3.05) is 0 Å². The molecule has 3 N–H and O–H groups in total. The Bertz CT molecular complexity index is 1980. The van der Waals surface area contributed by atoms with Crippen LogP contribution in [0.15, 0.2) is 148 Å². The molecule has 0 radical (unpaired) electrons. The van der Waals surface area contributed by atoms with Gasteiger partial charge in [0.25, 0.3) is 0 Å². The van der Waals surface area contributed by atoms with Crippen molar-refractivity contribution in [3.63, 3.8) is 0 Å². The highest BCUT2D eigenvalue weighted by atomic mass is 16.5. The van der Waals surface area contributed by atoms with Gasteiger partial charge in [-0.15, -0.1) is 0 Å². The van der Waals surface area contributed by atoms with Gasteiger partial charge in [0.1, 0.15) is 11.9 Å². The van der Waals surface area contributed by atoms with Gasteiger partial charge in [-0.25, -0.2) is 0 Å². The number of benzene rings is 2. The second-order valence-corrected chi connectivity index (χ2v) is 15.3. The number of ether oxygens (including phenoxy) is 1. The summed E-state index contributed by atoms with van der Waals surface area (Å²) in [7, 11) is 0. The summed E-state index contributed by atoms with van der Waals surface area (Å²) in [6.07, 6.45) is 35.8. The molecule has 7 unspecified atom stereocenters. The number of hydrogen-bond donors (Lipinski definition) is 2. The number of rotatable bonds is 4. The van der Waals surface area contributed by atoms with Gasteiger partial charge in [-0.2, -0.15) is 0 Å². The molecule has 10 rings (SSSR count). The van der Waals surface area contributed by atoms with Crippen molar-refractivity contribution in [3.8, 4) is 0 Å². The summed E-state index contributed by atoms with van der Waals surface area (Å²) in [5.41, 5.74) is 12.1. The van der Waals surface area contributed by atoms with Crippen LogP contribution in [0.25, 0.3) is 16.1 Å². The first kappa shape index (κ1) is 29.9. The van der Waals surface area contributed by atoms with Crippen LogP contribution in [-0.4, -0.2) is 18.4 Å². The molecule has 8 aliphatic rings. The minimum Gasteiger partial charge on any atom is -0.587 e. The van der Waals surface area contributed by atoms with Crippen LogP contribution in [0, 0.1) is 17.8 Å². The number of hydrogen-bond acceptors (Lipinski definition) is 2. The van der Waals surface area contributed by atoms with Crippen LogP contribution in [-0.2, 0) is 4.74 Å². The summed E-state index contributed by atoms with van der Waals surface area (Å²) in [5, 5.41) is 14.6. The molecule has 4 nitrogen and oxygen atoms in total. The third kappa shape index (κ3) is 5.31. The largest absolute Gasteiger partial charge is 0.587 e. The maximum atomic E-state index is 6.57. The van der Waals surface area contributed by atoms with Crippen molar-refractivity contribution in [1.82, 2.24) is 5.32 Å². The lowest BCUT2D eigenvalue weighted by atomic mass is 9.61. The first-order valence-electron chi connectivity index (χ1n) is 19.0. The lowest BCUT2D eigenvalue weighted by Gasteiger charge is -2.49. The lowest BCUT2D eigenvalue weighted by molar-refractivity contribution is -0.712. The molecule has 248 valence electrons. The number of nitrogens with one attached hydrogen (secondary N) is 1. The fourth-order valence-electron chi connectivity index (χ4n) is 10.2. The predicted octanol–water partition coefficient (Wildman–Crippen LogP) is 9.19. The Hall–Kier alpha value is -3.96. The van der Waals surface area contributed by atoms with Crippen LogP contribution in [0.2, 0.25) is 0 Å². The summed E-state index contributed by atoms with van der Waals surface area (Å²) in [4.78, 5) is 0. The topological polar surface area (TPSA) is 52.0 Å². The Balaban J connectivity index is 1.00. The van der Waals surface area contributed by atoms with E-state index in [2.05, 4.69) is 114 Å². The zero-order chi connectivity index (χ0) is 32.3. The molecule has 0 saturated carbocycles. The van der Waals surface area contributed by atoms with Crippen molar-refractivity contribution in [3.05, 3.63) is 159 Å². The van der Waals surface area contributed by atoms with Crippen LogP contribution in [0.3, 0.4) is 0 Å². The molecule has 7 atom stereocenters. The van der Waals surface area contributed by atoms with E-state index >= 15 is 0 Å². The highest BCUT2D eigenvalue weighted by molar-refractivity contribution is 5.83. The first-order chi connectivity index (χ1) is 24.3. The third-order valence-electron chi connectivity index (χ3n) is 12.6. The number of allylic oxidation sites excluding steroid dienone is 14. The molecule has 4 heteroatoms. The van der Waals surface area contributed by atoms with E-state index in [4.69, 9.17) is 10.1 Å². The molecule has 1 fully saturated rings. The van der Waals surface area contributed by atoms with Gasteiger partial charge in [0, 0.05) is 24.1 Å². The molecule has 49 heavy (non-hydrogen) atoms. The fraction of sp³-hybridized carbons (Fsp3) is 0.378. The molecule has 1 saturated heterocycles. The Morgan fingerprint density at radius 3 is 2.63 bits per heavy atom. The summed E-state index contributed by atoms with van der Waals surface area (Å²) in [6, 6.07) is 15.6. The molecule has 2 aromatic rings. The Morgan fingerprint density at radius 1 is 0.796 bits per heavy atom. The lowest BCUT2D eigenvalue weighted by Crippen LogP contribution is -3.00. The van der Waals surface area contributed by atoms with Gasteiger partial charge in [-0.1, -0.05) is 108 Å². The van der Waals surface area contributed by atoms with Crippen molar-refractivity contribution < 1.29 is 10.1 Å². The Morgan fingerprint density at radius 2 is 1.69 bits per heavy atom. The van der Waals surface area contributed by atoms with Crippen LogP contribution >= 0.6 is 0 Å². The predicted molar refractivity (Wildman–Crippen MR) is 198 cm³/mol. The molecular formula is C45H47N3O. The monoisotopic (exact) mass is 645 g/mol. The van der Waals surface area contributed by atoms with Gasteiger partial charge in [-0.05, 0) is 121 Å².